The Morgan fingerprint density at radius 2 is 1.81 bits per heavy atom. The van der Waals surface area contributed by atoms with Crippen LogP contribution in [0.15, 0.2) is 24.3 Å². The number of nitrogens with one attached hydrogen (secondary N) is 1. The van der Waals surface area contributed by atoms with Gasteiger partial charge in [0, 0.05) is 18.2 Å². The third kappa shape index (κ3) is 5.06. The molecule has 1 fully saturated rings. The summed E-state index contributed by atoms with van der Waals surface area (Å²) in [6.45, 7) is 8.41. The largest absolute Gasteiger partial charge is 0.343 e. The van der Waals surface area contributed by atoms with Crippen molar-refractivity contribution in [3.05, 3.63) is 35.4 Å². The minimum Gasteiger partial charge on any atom is -0.343 e. The molecule has 1 aliphatic heterocycles. The van der Waals surface area contributed by atoms with E-state index in [9.17, 15) is 18.0 Å². The zero-order valence-corrected chi connectivity index (χ0v) is 16.7. The van der Waals surface area contributed by atoms with Crippen LogP contribution in [0.25, 0.3) is 0 Å². The molecule has 0 spiro atoms. The number of nitrogens with zero attached hydrogens (tertiary/aromatic N) is 1. The smallest absolute Gasteiger partial charge is 0.251 e. The maximum atomic E-state index is 12.4. The van der Waals surface area contributed by atoms with E-state index in [1.54, 1.807) is 17.0 Å². The molecule has 1 heterocycles. The van der Waals surface area contributed by atoms with Gasteiger partial charge in [-0.2, -0.15) is 0 Å². The van der Waals surface area contributed by atoms with Crippen LogP contribution in [0, 0.1) is 0 Å². The number of carbonyl (C=O) groups is 2. The van der Waals surface area contributed by atoms with Crippen LogP contribution in [-0.4, -0.2) is 55.8 Å². The summed E-state index contributed by atoms with van der Waals surface area (Å²) in [5, 5.41) is 2.64. The molecule has 0 saturated carbocycles. The normalized spacial score (nSPS) is 19.2. The first-order chi connectivity index (χ1) is 12.0. The van der Waals surface area contributed by atoms with E-state index < -0.39 is 9.84 Å². The first kappa shape index (κ1) is 20.4. The Balaban J connectivity index is 1.94. The van der Waals surface area contributed by atoms with Crippen LogP contribution < -0.4 is 5.32 Å². The summed E-state index contributed by atoms with van der Waals surface area (Å²) in [4.78, 5) is 26.2. The van der Waals surface area contributed by atoms with Gasteiger partial charge in [-0.05, 0) is 36.5 Å². The molecule has 1 aromatic rings. The van der Waals surface area contributed by atoms with Gasteiger partial charge in [-0.25, -0.2) is 8.42 Å². The molecule has 1 atom stereocenters. The van der Waals surface area contributed by atoms with E-state index in [1.807, 2.05) is 19.1 Å². The zero-order valence-electron chi connectivity index (χ0n) is 15.9. The molecule has 6 nitrogen and oxygen atoms in total. The summed E-state index contributed by atoms with van der Waals surface area (Å²) < 4.78 is 23.3. The number of hydrogen-bond acceptors (Lipinski definition) is 4. The molecule has 1 N–H and O–H groups in total. The molecule has 0 aromatic heterocycles. The van der Waals surface area contributed by atoms with Gasteiger partial charge in [0.15, 0.2) is 9.84 Å². The standard InChI is InChI=1S/C19H28N2O4S/c1-5-21(16-10-11-26(24,25)13-16)17(22)12-20-18(23)14-6-8-15(9-7-14)19(2,3)4/h6-9,16H,5,10-13H2,1-4H3,(H,20,23). The average Bonchev–Trinajstić information content (AvgIpc) is 2.92. The van der Waals surface area contributed by atoms with Crippen molar-refractivity contribution in [1.29, 1.82) is 0 Å². The molecule has 26 heavy (non-hydrogen) atoms. The Morgan fingerprint density at radius 1 is 1.19 bits per heavy atom. The van der Waals surface area contributed by atoms with Gasteiger partial charge in [0.25, 0.3) is 5.91 Å². The van der Waals surface area contributed by atoms with Crippen molar-refractivity contribution in [2.45, 2.75) is 45.6 Å². The second kappa shape index (κ2) is 7.78. The van der Waals surface area contributed by atoms with Crippen molar-refractivity contribution in [3.8, 4) is 0 Å². The molecule has 0 bridgehead atoms. The molecular formula is C19H28N2O4S. The topological polar surface area (TPSA) is 83.6 Å². The average molecular weight is 381 g/mol. The summed E-state index contributed by atoms with van der Waals surface area (Å²) in [5.74, 6) is -0.439. The zero-order chi connectivity index (χ0) is 19.5. The van der Waals surface area contributed by atoms with E-state index in [0.717, 1.165) is 5.56 Å². The van der Waals surface area contributed by atoms with Gasteiger partial charge < -0.3 is 10.2 Å². The Morgan fingerprint density at radius 3 is 2.27 bits per heavy atom. The van der Waals surface area contributed by atoms with Gasteiger partial charge in [0.1, 0.15) is 0 Å². The minimum absolute atomic E-state index is 0.00815. The van der Waals surface area contributed by atoms with E-state index in [4.69, 9.17) is 0 Å². The van der Waals surface area contributed by atoms with Crippen LogP contribution in [0.5, 0.6) is 0 Å². The van der Waals surface area contributed by atoms with Gasteiger partial charge in [-0.15, -0.1) is 0 Å². The monoisotopic (exact) mass is 380 g/mol. The Labute approximate surface area is 155 Å². The lowest BCUT2D eigenvalue weighted by Crippen LogP contribution is -2.46. The second-order valence-corrected chi connectivity index (χ2v) is 9.98. The lowest BCUT2D eigenvalue weighted by molar-refractivity contribution is -0.131. The highest BCUT2D eigenvalue weighted by atomic mass is 32.2. The van der Waals surface area contributed by atoms with E-state index >= 15 is 0 Å². The lowest BCUT2D eigenvalue weighted by atomic mass is 9.87. The fraction of sp³-hybridized carbons (Fsp3) is 0.579. The van der Waals surface area contributed by atoms with E-state index in [0.29, 0.717) is 18.5 Å². The fourth-order valence-corrected chi connectivity index (χ4v) is 4.87. The van der Waals surface area contributed by atoms with E-state index in [1.165, 1.54) is 0 Å². The minimum atomic E-state index is -3.06. The molecular weight excluding hydrogens is 352 g/mol. The van der Waals surface area contributed by atoms with Crippen molar-refractivity contribution in [2.24, 2.45) is 0 Å². The molecule has 144 valence electrons. The summed E-state index contributed by atoms with van der Waals surface area (Å²) in [5.41, 5.74) is 1.64. The number of carbonyl (C=O) groups excluding carboxylic acids is 2. The van der Waals surface area contributed by atoms with Gasteiger partial charge in [-0.1, -0.05) is 32.9 Å². The highest BCUT2D eigenvalue weighted by Gasteiger charge is 2.33. The van der Waals surface area contributed by atoms with Gasteiger partial charge in [-0.3, -0.25) is 9.59 Å². The Hall–Kier alpha value is -1.89. The number of amides is 2. The van der Waals surface area contributed by atoms with Crippen molar-refractivity contribution < 1.29 is 18.0 Å². The van der Waals surface area contributed by atoms with Crippen molar-refractivity contribution in [2.75, 3.05) is 24.6 Å². The SMILES string of the molecule is CCN(C(=O)CNC(=O)c1ccc(C(C)(C)C)cc1)C1CCS(=O)(=O)C1. The quantitative estimate of drug-likeness (QED) is 0.843. The van der Waals surface area contributed by atoms with Crippen LogP contribution >= 0.6 is 0 Å². The Bertz CT molecular complexity index is 764. The van der Waals surface area contributed by atoms with Gasteiger partial charge >= 0.3 is 0 Å². The third-order valence-electron chi connectivity index (χ3n) is 4.72. The third-order valence-corrected chi connectivity index (χ3v) is 6.47. The fourth-order valence-electron chi connectivity index (χ4n) is 3.14. The van der Waals surface area contributed by atoms with Crippen molar-refractivity contribution in [1.82, 2.24) is 10.2 Å². The second-order valence-electron chi connectivity index (χ2n) is 7.75. The lowest BCUT2D eigenvalue weighted by Gasteiger charge is -2.27. The van der Waals surface area contributed by atoms with Crippen LogP contribution in [0.1, 0.15) is 50.0 Å². The van der Waals surface area contributed by atoms with E-state index in [-0.39, 0.29) is 41.3 Å². The summed E-state index contributed by atoms with van der Waals surface area (Å²) >= 11 is 0. The predicted molar refractivity (Wildman–Crippen MR) is 102 cm³/mol. The summed E-state index contributed by atoms with van der Waals surface area (Å²) in [7, 11) is -3.06. The van der Waals surface area contributed by atoms with Gasteiger partial charge in [0.05, 0.1) is 18.1 Å². The number of sulfone groups is 1. The highest BCUT2D eigenvalue weighted by molar-refractivity contribution is 7.91. The van der Waals surface area contributed by atoms with Crippen LogP contribution in [0.4, 0.5) is 0 Å². The molecule has 1 aromatic carbocycles. The van der Waals surface area contributed by atoms with E-state index in [2.05, 4.69) is 26.1 Å². The molecule has 7 heteroatoms. The molecule has 1 aliphatic rings. The number of rotatable bonds is 5. The van der Waals surface area contributed by atoms with Crippen molar-refractivity contribution >= 4 is 21.7 Å². The van der Waals surface area contributed by atoms with Crippen LogP contribution in [0.2, 0.25) is 0 Å². The Kier molecular flexibility index (Phi) is 6.11. The molecule has 0 aliphatic carbocycles. The first-order valence-electron chi connectivity index (χ1n) is 8.92. The predicted octanol–water partition coefficient (Wildman–Crippen LogP) is 1.75. The maximum absolute atomic E-state index is 12.4. The van der Waals surface area contributed by atoms with Gasteiger partial charge in [0.2, 0.25) is 5.91 Å². The van der Waals surface area contributed by atoms with Crippen molar-refractivity contribution in [3.63, 3.8) is 0 Å². The van der Waals surface area contributed by atoms with Crippen LogP contribution in [0.3, 0.4) is 0 Å². The van der Waals surface area contributed by atoms with Crippen LogP contribution in [-0.2, 0) is 20.0 Å². The molecule has 2 amide bonds. The summed E-state index contributed by atoms with van der Waals surface area (Å²) in [6.07, 6.45) is 0.462. The molecule has 2 rings (SSSR count). The highest BCUT2D eigenvalue weighted by Crippen LogP contribution is 2.22. The molecule has 0 radical (unpaired) electrons. The number of benzene rings is 1. The first-order valence-corrected chi connectivity index (χ1v) is 10.7. The molecule has 1 unspecified atom stereocenters. The number of hydrogen-bond donors (Lipinski definition) is 1. The number of likely N-dealkylation sites (N-methyl/N-ethyl adjacent to an activating group) is 1. The maximum Gasteiger partial charge on any atom is 0.251 e. The summed E-state index contributed by atoms with van der Waals surface area (Å²) in [6, 6.07) is 7.04. The molecule has 1 saturated heterocycles.